The van der Waals surface area contributed by atoms with Crippen LogP contribution in [0.15, 0.2) is 18.2 Å². The van der Waals surface area contributed by atoms with Crippen LogP contribution in [0.1, 0.15) is 17.3 Å². The third-order valence-corrected chi connectivity index (χ3v) is 3.38. The molecule has 0 aliphatic carbocycles. The van der Waals surface area contributed by atoms with E-state index in [-0.39, 0.29) is 5.91 Å². The van der Waals surface area contributed by atoms with Crippen molar-refractivity contribution < 1.29 is 9.53 Å². The first-order valence-electron chi connectivity index (χ1n) is 5.98. The fourth-order valence-electron chi connectivity index (χ4n) is 2.16. The monoisotopic (exact) mass is 268 g/mol. The highest BCUT2D eigenvalue weighted by Crippen LogP contribution is 2.27. The maximum absolute atomic E-state index is 12.5. The number of nitrogens with zero attached hydrogens (tertiary/aromatic N) is 1. The topological polar surface area (TPSA) is 41.6 Å². The second-order valence-electron chi connectivity index (χ2n) is 4.42. The standard InChI is InChI=1S/C13H17ClN2O2/c1-9-8-16(7-6-15-9)13(17)12-10(14)4-3-5-11(12)18-2/h3-5,9,15H,6-8H2,1-2H3. The third kappa shape index (κ3) is 2.60. The van der Waals surface area contributed by atoms with Crippen molar-refractivity contribution in [2.45, 2.75) is 13.0 Å². The molecule has 98 valence electrons. The summed E-state index contributed by atoms with van der Waals surface area (Å²) in [6, 6.07) is 5.54. The van der Waals surface area contributed by atoms with Crippen molar-refractivity contribution in [2.24, 2.45) is 0 Å². The van der Waals surface area contributed by atoms with Gasteiger partial charge in [0.2, 0.25) is 0 Å². The number of hydrogen-bond donors (Lipinski definition) is 1. The lowest BCUT2D eigenvalue weighted by Gasteiger charge is -2.32. The van der Waals surface area contributed by atoms with Crippen molar-refractivity contribution in [1.29, 1.82) is 0 Å². The first kappa shape index (κ1) is 13.2. The number of methoxy groups -OCH3 is 1. The Kier molecular flexibility index (Phi) is 4.09. The normalized spacial score (nSPS) is 19.7. The van der Waals surface area contributed by atoms with E-state index in [0.717, 1.165) is 6.54 Å². The lowest BCUT2D eigenvalue weighted by Crippen LogP contribution is -2.51. The molecule has 1 fully saturated rings. The van der Waals surface area contributed by atoms with Crippen LogP contribution in [0.25, 0.3) is 0 Å². The Hall–Kier alpha value is -1.26. The summed E-state index contributed by atoms with van der Waals surface area (Å²) in [4.78, 5) is 14.3. The molecule has 1 aromatic carbocycles. The molecule has 1 N–H and O–H groups in total. The van der Waals surface area contributed by atoms with Gasteiger partial charge in [-0.2, -0.15) is 0 Å². The van der Waals surface area contributed by atoms with Gasteiger partial charge in [-0.05, 0) is 19.1 Å². The second-order valence-corrected chi connectivity index (χ2v) is 4.83. The maximum Gasteiger partial charge on any atom is 0.259 e. The summed E-state index contributed by atoms with van der Waals surface area (Å²) >= 11 is 6.12. The largest absolute Gasteiger partial charge is 0.496 e. The molecule has 4 nitrogen and oxygen atoms in total. The maximum atomic E-state index is 12.5. The van der Waals surface area contributed by atoms with Crippen LogP contribution in [0.3, 0.4) is 0 Å². The molecular formula is C13H17ClN2O2. The molecule has 1 atom stereocenters. The number of carbonyl (C=O) groups excluding carboxylic acids is 1. The van der Waals surface area contributed by atoms with Gasteiger partial charge in [-0.25, -0.2) is 0 Å². The summed E-state index contributed by atoms with van der Waals surface area (Å²) in [5.41, 5.74) is 0.454. The minimum Gasteiger partial charge on any atom is -0.496 e. The number of benzene rings is 1. The Balaban J connectivity index is 2.28. The Labute approximate surface area is 112 Å². The molecule has 1 aliphatic heterocycles. The lowest BCUT2D eigenvalue weighted by molar-refractivity contribution is 0.0706. The van der Waals surface area contributed by atoms with Gasteiger partial charge in [0.25, 0.3) is 5.91 Å². The Morgan fingerprint density at radius 1 is 1.56 bits per heavy atom. The zero-order chi connectivity index (χ0) is 13.1. The Bertz CT molecular complexity index is 451. The van der Waals surface area contributed by atoms with E-state index in [1.54, 1.807) is 25.3 Å². The average Bonchev–Trinajstić information content (AvgIpc) is 2.37. The van der Waals surface area contributed by atoms with E-state index in [2.05, 4.69) is 12.2 Å². The molecule has 2 rings (SSSR count). The summed E-state index contributed by atoms with van der Waals surface area (Å²) in [7, 11) is 1.54. The molecule has 18 heavy (non-hydrogen) atoms. The Morgan fingerprint density at radius 3 is 3.00 bits per heavy atom. The van der Waals surface area contributed by atoms with Gasteiger partial charge in [0.05, 0.1) is 12.1 Å². The predicted octanol–water partition coefficient (Wildman–Crippen LogP) is 1.78. The fraction of sp³-hybridized carbons (Fsp3) is 0.462. The molecule has 1 amide bonds. The quantitative estimate of drug-likeness (QED) is 0.889. The third-order valence-electron chi connectivity index (χ3n) is 3.07. The number of nitrogens with one attached hydrogen (secondary N) is 1. The second kappa shape index (κ2) is 5.59. The predicted molar refractivity (Wildman–Crippen MR) is 71.4 cm³/mol. The molecule has 1 unspecified atom stereocenters. The van der Waals surface area contributed by atoms with Crippen LogP contribution in [-0.4, -0.2) is 43.6 Å². The molecule has 0 saturated carbocycles. The van der Waals surface area contributed by atoms with Gasteiger partial charge in [0, 0.05) is 25.7 Å². The molecule has 0 aromatic heterocycles. The van der Waals surface area contributed by atoms with Gasteiger partial charge in [0.15, 0.2) is 0 Å². The summed E-state index contributed by atoms with van der Waals surface area (Å²) in [5, 5.41) is 3.74. The molecule has 0 bridgehead atoms. The van der Waals surface area contributed by atoms with Crippen LogP contribution in [0.4, 0.5) is 0 Å². The molecule has 0 spiro atoms. The van der Waals surface area contributed by atoms with Crippen molar-refractivity contribution in [2.75, 3.05) is 26.7 Å². The first-order chi connectivity index (χ1) is 8.63. The lowest BCUT2D eigenvalue weighted by atomic mass is 10.1. The highest BCUT2D eigenvalue weighted by molar-refractivity contribution is 6.34. The summed E-state index contributed by atoms with van der Waals surface area (Å²) in [6.45, 7) is 4.24. The number of halogens is 1. The summed E-state index contributed by atoms with van der Waals surface area (Å²) < 4.78 is 5.22. The van der Waals surface area contributed by atoms with Gasteiger partial charge in [-0.3, -0.25) is 4.79 Å². The molecule has 1 saturated heterocycles. The molecule has 0 radical (unpaired) electrons. The fourth-order valence-corrected chi connectivity index (χ4v) is 2.40. The number of piperazine rings is 1. The van der Waals surface area contributed by atoms with E-state index in [1.165, 1.54) is 0 Å². The van der Waals surface area contributed by atoms with E-state index in [1.807, 2.05) is 4.90 Å². The molecule has 1 aliphatic rings. The first-order valence-corrected chi connectivity index (χ1v) is 6.36. The number of ether oxygens (including phenoxy) is 1. The van der Waals surface area contributed by atoms with E-state index >= 15 is 0 Å². The van der Waals surface area contributed by atoms with Crippen LogP contribution in [0.2, 0.25) is 5.02 Å². The molecule has 1 heterocycles. The number of hydrogen-bond acceptors (Lipinski definition) is 3. The van der Waals surface area contributed by atoms with Gasteiger partial charge < -0.3 is 15.0 Å². The minimum atomic E-state index is -0.0641. The zero-order valence-electron chi connectivity index (χ0n) is 10.6. The number of amides is 1. The SMILES string of the molecule is COc1cccc(Cl)c1C(=O)N1CCNC(C)C1. The number of rotatable bonds is 2. The highest BCUT2D eigenvalue weighted by Gasteiger charge is 2.25. The van der Waals surface area contributed by atoms with E-state index < -0.39 is 0 Å². The molecular weight excluding hydrogens is 252 g/mol. The average molecular weight is 269 g/mol. The van der Waals surface area contributed by atoms with Gasteiger partial charge in [-0.1, -0.05) is 17.7 Å². The molecule has 5 heteroatoms. The minimum absolute atomic E-state index is 0.0641. The van der Waals surface area contributed by atoms with Crippen molar-refractivity contribution in [3.63, 3.8) is 0 Å². The van der Waals surface area contributed by atoms with Crippen LogP contribution in [0.5, 0.6) is 5.75 Å². The van der Waals surface area contributed by atoms with Gasteiger partial charge in [0.1, 0.15) is 11.3 Å². The molecule has 1 aromatic rings. The van der Waals surface area contributed by atoms with Crippen LogP contribution in [-0.2, 0) is 0 Å². The van der Waals surface area contributed by atoms with Gasteiger partial charge >= 0.3 is 0 Å². The smallest absolute Gasteiger partial charge is 0.259 e. The van der Waals surface area contributed by atoms with Crippen LogP contribution in [0, 0.1) is 0 Å². The van der Waals surface area contributed by atoms with Gasteiger partial charge in [-0.15, -0.1) is 0 Å². The van der Waals surface area contributed by atoms with Crippen molar-refractivity contribution in [1.82, 2.24) is 10.2 Å². The highest BCUT2D eigenvalue weighted by atomic mass is 35.5. The summed E-state index contributed by atoms with van der Waals surface area (Å²) in [5.74, 6) is 0.462. The van der Waals surface area contributed by atoms with Crippen molar-refractivity contribution >= 4 is 17.5 Å². The van der Waals surface area contributed by atoms with E-state index in [4.69, 9.17) is 16.3 Å². The van der Waals surface area contributed by atoms with E-state index in [0.29, 0.717) is 35.5 Å². The van der Waals surface area contributed by atoms with E-state index in [9.17, 15) is 4.79 Å². The van der Waals surface area contributed by atoms with Crippen LogP contribution >= 0.6 is 11.6 Å². The van der Waals surface area contributed by atoms with Crippen LogP contribution < -0.4 is 10.1 Å². The Morgan fingerprint density at radius 2 is 2.33 bits per heavy atom. The summed E-state index contributed by atoms with van der Waals surface area (Å²) in [6.07, 6.45) is 0. The van der Waals surface area contributed by atoms with Crippen molar-refractivity contribution in [3.05, 3.63) is 28.8 Å². The van der Waals surface area contributed by atoms with Crippen molar-refractivity contribution in [3.8, 4) is 5.75 Å². The number of carbonyl (C=O) groups is 1. The zero-order valence-corrected chi connectivity index (χ0v) is 11.3.